The number of aryl methyl sites for hydroxylation is 2. The molecule has 98 valence electrons. The standard InChI is InChI=1S/C17H18ClN/c1-12-6-7-14(16(18)10-12)11-19-17-9-8-13-4-2-3-5-15(13)17/h2-7,10,17,19H,8-9,11H2,1H3. The fraction of sp³-hybridized carbons (Fsp3) is 0.294. The Balaban J connectivity index is 1.71. The van der Waals surface area contributed by atoms with E-state index >= 15 is 0 Å². The number of nitrogens with one attached hydrogen (secondary N) is 1. The second-order valence-corrected chi connectivity index (χ2v) is 5.67. The lowest BCUT2D eigenvalue weighted by atomic mass is 10.1. The zero-order valence-corrected chi connectivity index (χ0v) is 11.9. The Morgan fingerprint density at radius 2 is 2.05 bits per heavy atom. The number of rotatable bonds is 3. The van der Waals surface area contributed by atoms with Gasteiger partial charge < -0.3 is 5.32 Å². The predicted molar refractivity (Wildman–Crippen MR) is 80.5 cm³/mol. The SMILES string of the molecule is Cc1ccc(CNC2CCc3ccccc32)c(Cl)c1. The molecule has 1 aliphatic rings. The third kappa shape index (κ3) is 2.68. The minimum atomic E-state index is 0.466. The maximum Gasteiger partial charge on any atom is 0.0453 e. The Kier molecular flexibility index (Phi) is 3.58. The Morgan fingerprint density at radius 3 is 2.89 bits per heavy atom. The van der Waals surface area contributed by atoms with Gasteiger partial charge in [0.15, 0.2) is 0 Å². The molecule has 0 amide bonds. The van der Waals surface area contributed by atoms with E-state index in [0.717, 1.165) is 11.6 Å². The lowest BCUT2D eigenvalue weighted by Crippen LogP contribution is -2.18. The van der Waals surface area contributed by atoms with Gasteiger partial charge in [0.05, 0.1) is 0 Å². The van der Waals surface area contributed by atoms with Crippen molar-refractivity contribution in [1.82, 2.24) is 5.32 Å². The van der Waals surface area contributed by atoms with Gasteiger partial charge in [-0.2, -0.15) is 0 Å². The molecule has 2 aromatic rings. The summed E-state index contributed by atoms with van der Waals surface area (Å²) < 4.78 is 0. The van der Waals surface area contributed by atoms with E-state index in [2.05, 4.69) is 48.6 Å². The van der Waals surface area contributed by atoms with E-state index in [-0.39, 0.29) is 0 Å². The van der Waals surface area contributed by atoms with Crippen LogP contribution >= 0.6 is 11.6 Å². The molecule has 1 N–H and O–H groups in total. The highest BCUT2D eigenvalue weighted by Gasteiger charge is 2.21. The lowest BCUT2D eigenvalue weighted by molar-refractivity contribution is 0.530. The van der Waals surface area contributed by atoms with Crippen molar-refractivity contribution in [3.63, 3.8) is 0 Å². The van der Waals surface area contributed by atoms with Gasteiger partial charge in [0.25, 0.3) is 0 Å². The van der Waals surface area contributed by atoms with E-state index in [9.17, 15) is 0 Å². The Hall–Kier alpha value is -1.31. The maximum absolute atomic E-state index is 6.28. The van der Waals surface area contributed by atoms with Crippen LogP contribution in [0.2, 0.25) is 5.02 Å². The average Bonchev–Trinajstić information content (AvgIpc) is 2.81. The van der Waals surface area contributed by atoms with E-state index in [0.29, 0.717) is 6.04 Å². The number of halogens is 1. The number of hydrogen-bond acceptors (Lipinski definition) is 1. The molecule has 0 aromatic heterocycles. The van der Waals surface area contributed by atoms with Crippen molar-refractivity contribution in [3.05, 3.63) is 69.7 Å². The minimum Gasteiger partial charge on any atom is -0.306 e. The van der Waals surface area contributed by atoms with Crippen LogP contribution in [0.3, 0.4) is 0 Å². The first-order chi connectivity index (χ1) is 9.24. The molecule has 2 heteroatoms. The molecule has 0 spiro atoms. The number of fused-ring (bicyclic) bond motifs is 1. The first kappa shape index (κ1) is 12.7. The summed E-state index contributed by atoms with van der Waals surface area (Å²) >= 11 is 6.28. The molecular formula is C17H18ClN. The van der Waals surface area contributed by atoms with Crippen LogP contribution < -0.4 is 5.32 Å². The Bertz CT molecular complexity index is 592. The summed E-state index contributed by atoms with van der Waals surface area (Å²) in [5, 5.41) is 4.49. The molecule has 0 aliphatic heterocycles. The van der Waals surface area contributed by atoms with Gasteiger partial charge in [0, 0.05) is 17.6 Å². The molecule has 0 heterocycles. The summed E-state index contributed by atoms with van der Waals surface area (Å²) in [4.78, 5) is 0. The number of benzene rings is 2. The summed E-state index contributed by atoms with van der Waals surface area (Å²) in [6.45, 7) is 2.90. The molecule has 0 saturated carbocycles. The molecular weight excluding hydrogens is 254 g/mol. The van der Waals surface area contributed by atoms with E-state index < -0.39 is 0 Å². The molecule has 1 nitrogen and oxygen atoms in total. The maximum atomic E-state index is 6.28. The molecule has 2 aromatic carbocycles. The molecule has 3 rings (SSSR count). The Morgan fingerprint density at radius 1 is 1.21 bits per heavy atom. The molecule has 1 atom stereocenters. The predicted octanol–water partition coefficient (Wildman–Crippen LogP) is 4.43. The van der Waals surface area contributed by atoms with E-state index in [1.165, 1.54) is 35.1 Å². The van der Waals surface area contributed by atoms with Crippen molar-refractivity contribution in [2.45, 2.75) is 32.4 Å². The fourth-order valence-corrected chi connectivity index (χ4v) is 3.10. The first-order valence-electron chi connectivity index (χ1n) is 6.80. The van der Waals surface area contributed by atoms with Gasteiger partial charge in [0.1, 0.15) is 0 Å². The van der Waals surface area contributed by atoms with Gasteiger partial charge in [-0.05, 0) is 48.1 Å². The normalized spacial score (nSPS) is 17.5. The van der Waals surface area contributed by atoms with Crippen LogP contribution in [0.25, 0.3) is 0 Å². The van der Waals surface area contributed by atoms with E-state index in [4.69, 9.17) is 11.6 Å². The summed E-state index contributed by atoms with van der Waals surface area (Å²) in [5.41, 5.74) is 5.32. The van der Waals surface area contributed by atoms with Crippen molar-refractivity contribution in [2.24, 2.45) is 0 Å². The molecule has 1 aliphatic carbocycles. The summed E-state index contributed by atoms with van der Waals surface area (Å²) in [7, 11) is 0. The third-order valence-corrected chi connectivity index (χ3v) is 4.23. The summed E-state index contributed by atoms with van der Waals surface area (Å²) in [6.07, 6.45) is 2.36. The highest BCUT2D eigenvalue weighted by Crippen LogP contribution is 2.31. The topological polar surface area (TPSA) is 12.0 Å². The Labute approximate surface area is 119 Å². The van der Waals surface area contributed by atoms with Crippen LogP contribution in [0.5, 0.6) is 0 Å². The molecule has 19 heavy (non-hydrogen) atoms. The van der Waals surface area contributed by atoms with Gasteiger partial charge in [-0.3, -0.25) is 0 Å². The monoisotopic (exact) mass is 271 g/mol. The van der Waals surface area contributed by atoms with Crippen LogP contribution in [0.15, 0.2) is 42.5 Å². The van der Waals surface area contributed by atoms with Crippen LogP contribution in [-0.4, -0.2) is 0 Å². The van der Waals surface area contributed by atoms with Crippen LogP contribution in [-0.2, 0) is 13.0 Å². The quantitative estimate of drug-likeness (QED) is 0.871. The fourth-order valence-electron chi connectivity index (χ4n) is 2.80. The van der Waals surface area contributed by atoms with Crippen molar-refractivity contribution < 1.29 is 0 Å². The lowest BCUT2D eigenvalue weighted by Gasteiger charge is -2.15. The van der Waals surface area contributed by atoms with Crippen LogP contribution in [0.4, 0.5) is 0 Å². The molecule has 0 bridgehead atoms. The van der Waals surface area contributed by atoms with Gasteiger partial charge in [0.2, 0.25) is 0 Å². The van der Waals surface area contributed by atoms with Gasteiger partial charge >= 0.3 is 0 Å². The van der Waals surface area contributed by atoms with E-state index in [1.54, 1.807) is 0 Å². The van der Waals surface area contributed by atoms with Crippen molar-refractivity contribution in [1.29, 1.82) is 0 Å². The second-order valence-electron chi connectivity index (χ2n) is 5.27. The highest BCUT2D eigenvalue weighted by atomic mass is 35.5. The van der Waals surface area contributed by atoms with Gasteiger partial charge in [-0.25, -0.2) is 0 Å². The van der Waals surface area contributed by atoms with E-state index in [1.807, 2.05) is 6.07 Å². The summed E-state index contributed by atoms with van der Waals surface area (Å²) in [5.74, 6) is 0. The zero-order chi connectivity index (χ0) is 13.2. The zero-order valence-electron chi connectivity index (χ0n) is 11.1. The van der Waals surface area contributed by atoms with Crippen molar-refractivity contribution in [3.8, 4) is 0 Å². The average molecular weight is 272 g/mol. The summed E-state index contributed by atoms with van der Waals surface area (Å²) in [6, 6.07) is 15.4. The van der Waals surface area contributed by atoms with Gasteiger partial charge in [-0.15, -0.1) is 0 Å². The first-order valence-corrected chi connectivity index (χ1v) is 7.18. The largest absolute Gasteiger partial charge is 0.306 e. The molecule has 1 unspecified atom stereocenters. The number of hydrogen-bond donors (Lipinski definition) is 1. The van der Waals surface area contributed by atoms with Crippen LogP contribution in [0, 0.1) is 6.92 Å². The molecule has 0 fully saturated rings. The van der Waals surface area contributed by atoms with Crippen molar-refractivity contribution >= 4 is 11.6 Å². The highest BCUT2D eigenvalue weighted by molar-refractivity contribution is 6.31. The molecule has 0 radical (unpaired) electrons. The third-order valence-electron chi connectivity index (χ3n) is 3.88. The van der Waals surface area contributed by atoms with Crippen molar-refractivity contribution in [2.75, 3.05) is 0 Å². The second kappa shape index (κ2) is 5.36. The van der Waals surface area contributed by atoms with Gasteiger partial charge in [-0.1, -0.05) is 48.0 Å². The van der Waals surface area contributed by atoms with Crippen LogP contribution in [0.1, 0.15) is 34.7 Å². The minimum absolute atomic E-state index is 0.466. The molecule has 0 saturated heterocycles. The smallest absolute Gasteiger partial charge is 0.0453 e.